The third-order valence-corrected chi connectivity index (χ3v) is 3.78. The minimum Gasteiger partial charge on any atom is -0.454 e. The number of alkyl halides is 2. The number of hydrogen-bond acceptors (Lipinski definition) is 5. The van der Waals surface area contributed by atoms with E-state index in [4.69, 9.17) is 16.3 Å². The lowest BCUT2D eigenvalue weighted by Gasteiger charge is -2.11. The molecular formula is C19H14ClF2N3O2. The summed E-state index contributed by atoms with van der Waals surface area (Å²) in [5.41, 5.74) is 0.148. The second kappa shape index (κ2) is 7.75. The second-order valence-corrected chi connectivity index (χ2v) is 6.29. The molecule has 2 heterocycles. The van der Waals surface area contributed by atoms with Crippen molar-refractivity contribution in [1.82, 2.24) is 15.0 Å². The fraction of sp³-hybridized carbons (Fsp3) is 0.158. The monoisotopic (exact) mass is 389 g/mol. The Balaban J connectivity index is 1.81. The van der Waals surface area contributed by atoms with Crippen LogP contribution in [-0.4, -0.2) is 20.7 Å². The summed E-state index contributed by atoms with van der Waals surface area (Å²) in [5.74, 6) is -2.68. The Hall–Kier alpha value is -2.93. The first-order valence-corrected chi connectivity index (χ1v) is 8.30. The van der Waals surface area contributed by atoms with Gasteiger partial charge in [-0.2, -0.15) is 8.78 Å². The summed E-state index contributed by atoms with van der Waals surface area (Å²) in [4.78, 5) is 24.1. The number of halogens is 3. The van der Waals surface area contributed by atoms with Gasteiger partial charge in [0.05, 0.1) is 18.8 Å². The molecule has 0 unspecified atom stereocenters. The average molecular weight is 390 g/mol. The van der Waals surface area contributed by atoms with Gasteiger partial charge in [-0.15, -0.1) is 0 Å². The van der Waals surface area contributed by atoms with E-state index in [0.717, 1.165) is 6.92 Å². The number of pyridine rings is 1. The Bertz CT molecular complexity index is 963. The van der Waals surface area contributed by atoms with Gasteiger partial charge in [0.15, 0.2) is 11.5 Å². The highest BCUT2D eigenvalue weighted by Gasteiger charge is 2.26. The van der Waals surface area contributed by atoms with Crippen LogP contribution in [0.25, 0.3) is 0 Å². The van der Waals surface area contributed by atoms with Crippen LogP contribution in [0.3, 0.4) is 0 Å². The maximum atomic E-state index is 13.4. The summed E-state index contributed by atoms with van der Waals surface area (Å²) >= 11 is 6.07. The van der Waals surface area contributed by atoms with Crippen molar-refractivity contribution in [1.29, 1.82) is 0 Å². The Morgan fingerprint density at radius 2 is 1.89 bits per heavy atom. The summed E-state index contributed by atoms with van der Waals surface area (Å²) in [6.07, 6.45) is 4.16. The van der Waals surface area contributed by atoms with Gasteiger partial charge in [-0.1, -0.05) is 17.7 Å². The number of aromatic nitrogens is 3. The van der Waals surface area contributed by atoms with Gasteiger partial charge in [-0.05, 0) is 30.3 Å². The fourth-order valence-electron chi connectivity index (χ4n) is 2.35. The Morgan fingerprint density at radius 1 is 1.15 bits per heavy atom. The molecule has 0 aliphatic carbocycles. The largest absolute Gasteiger partial charge is 0.454 e. The van der Waals surface area contributed by atoms with Crippen LogP contribution in [0.2, 0.25) is 5.02 Å². The van der Waals surface area contributed by atoms with Crippen LogP contribution < -0.4 is 4.74 Å². The highest BCUT2D eigenvalue weighted by Crippen LogP contribution is 2.27. The van der Waals surface area contributed by atoms with Crippen LogP contribution in [0, 0.1) is 0 Å². The first-order chi connectivity index (χ1) is 12.8. The lowest BCUT2D eigenvalue weighted by atomic mass is 10.1. The van der Waals surface area contributed by atoms with Crippen LogP contribution in [0.1, 0.15) is 28.7 Å². The molecule has 2 aromatic heterocycles. The normalized spacial score (nSPS) is 11.3. The van der Waals surface area contributed by atoms with Crippen molar-refractivity contribution in [3.63, 3.8) is 0 Å². The highest BCUT2D eigenvalue weighted by molar-refractivity contribution is 6.31. The molecule has 0 fully saturated rings. The van der Waals surface area contributed by atoms with Gasteiger partial charge in [0.1, 0.15) is 17.8 Å². The van der Waals surface area contributed by atoms with Gasteiger partial charge in [0, 0.05) is 23.2 Å². The van der Waals surface area contributed by atoms with E-state index in [1.165, 1.54) is 49.1 Å². The molecule has 3 aromatic rings. The topological polar surface area (TPSA) is 65.0 Å². The van der Waals surface area contributed by atoms with Crippen molar-refractivity contribution in [2.75, 3.05) is 0 Å². The van der Waals surface area contributed by atoms with Gasteiger partial charge < -0.3 is 4.74 Å². The van der Waals surface area contributed by atoms with Crippen molar-refractivity contribution in [2.24, 2.45) is 0 Å². The van der Waals surface area contributed by atoms with Crippen LogP contribution in [0.4, 0.5) is 8.78 Å². The Kier molecular flexibility index (Phi) is 5.41. The van der Waals surface area contributed by atoms with Crippen molar-refractivity contribution >= 4 is 17.4 Å². The standard InChI is InChI=1S/C19H14ClF2N3O2/c1-19(21,22)18-4-2-3-14(25-18)8-17(26)12-5-13(20)7-15(6-12)27-16-9-23-11-24-10-16/h2-7,9-11H,8H2,1H3. The number of carbonyl (C=O) groups is 1. The number of carbonyl (C=O) groups excluding carboxylic acids is 1. The average Bonchev–Trinajstić information content (AvgIpc) is 2.61. The molecule has 5 nitrogen and oxygen atoms in total. The molecular weight excluding hydrogens is 376 g/mol. The van der Waals surface area contributed by atoms with Gasteiger partial charge in [0.2, 0.25) is 0 Å². The molecule has 27 heavy (non-hydrogen) atoms. The predicted octanol–water partition coefficient (Wildman–Crippen LogP) is 4.85. The molecule has 0 bridgehead atoms. The molecule has 0 radical (unpaired) electrons. The van der Waals surface area contributed by atoms with Crippen molar-refractivity contribution in [3.05, 3.63) is 77.1 Å². The maximum Gasteiger partial charge on any atom is 0.286 e. The number of hydrogen-bond donors (Lipinski definition) is 0. The number of ether oxygens (including phenoxy) is 1. The SMILES string of the molecule is CC(F)(F)c1cccc(CC(=O)c2cc(Cl)cc(Oc3cncnc3)c2)n1. The van der Waals surface area contributed by atoms with E-state index in [9.17, 15) is 13.6 Å². The minimum absolute atomic E-state index is 0.141. The van der Waals surface area contributed by atoms with E-state index in [1.807, 2.05) is 0 Å². The molecule has 0 saturated heterocycles. The molecule has 8 heteroatoms. The maximum absolute atomic E-state index is 13.4. The van der Waals surface area contributed by atoms with Crippen molar-refractivity contribution in [3.8, 4) is 11.5 Å². The zero-order valence-corrected chi connectivity index (χ0v) is 15.0. The molecule has 0 saturated carbocycles. The molecule has 0 aliphatic rings. The van der Waals surface area contributed by atoms with E-state index >= 15 is 0 Å². The Labute approximate surface area is 159 Å². The molecule has 0 aliphatic heterocycles. The summed E-state index contributed by atoms with van der Waals surface area (Å²) in [6.45, 7) is 0.759. The Morgan fingerprint density at radius 3 is 2.59 bits per heavy atom. The lowest BCUT2D eigenvalue weighted by molar-refractivity contribution is 0.0125. The summed E-state index contributed by atoms with van der Waals surface area (Å²) in [7, 11) is 0. The minimum atomic E-state index is -3.08. The summed E-state index contributed by atoms with van der Waals surface area (Å²) < 4.78 is 32.4. The van der Waals surface area contributed by atoms with E-state index in [1.54, 1.807) is 6.07 Å². The molecule has 0 amide bonds. The molecule has 3 rings (SSSR count). The van der Waals surface area contributed by atoms with E-state index in [0.29, 0.717) is 16.5 Å². The number of nitrogens with zero attached hydrogens (tertiary/aromatic N) is 3. The molecule has 138 valence electrons. The van der Waals surface area contributed by atoms with Crippen LogP contribution in [-0.2, 0) is 12.3 Å². The van der Waals surface area contributed by atoms with Gasteiger partial charge in [-0.3, -0.25) is 9.78 Å². The first kappa shape index (κ1) is 18.8. The summed E-state index contributed by atoms with van der Waals surface area (Å²) in [5, 5.41) is 0.300. The smallest absolute Gasteiger partial charge is 0.286 e. The number of benzene rings is 1. The first-order valence-electron chi connectivity index (χ1n) is 7.92. The third-order valence-electron chi connectivity index (χ3n) is 3.56. The quantitative estimate of drug-likeness (QED) is 0.563. The van der Waals surface area contributed by atoms with E-state index in [-0.39, 0.29) is 29.2 Å². The second-order valence-electron chi connectivity index (χ2n) is 5.85. The van der Waals surface area contributed by atoms with E-state index < -0.39 is 5.92 Å². The van der Waals surface area contributed by atoms with Crippen molar-refractivity contribution < 1.29 is 18.3 Å². The fourth-order valence-corrected chi connectivity index (χ4v) is 2.57. The van der Waals surface area contributed by atoms with Crippen molar-refractivity contribution in [2.45, 2.75) is 19.3 Å². The number of ketones is 1. The molecule has 0 atom stereocenters. The van der Waals surface area contributed by atoms with Crippen LogP contribution in [0.5, 0.6) is 11.5 Å². The number of Topliss-reactive ketones (excluding diaryl/α,β-unsaturated/α-hetero) is 1. The molecule has 1 aromatic carbocycles. The van der Waals surface area contributed by atoms with Gasteiger partial charge in [0.25, 0.3) is 5.92 Å². The van der Waals surface area contributed by atoms with Crippen LogP contribution in [0.15, 0.2) is 55.1 Å². The summed E-state index contributed by atoms with van der Waals surface area (Å²) in [6, 6.07) is 8.74. The van der Waals surface area contributed by atoms with Gasteiger partial charge >= 0.3 is 0 Å². The molecule has 0 N–H and O–H groups in total. The van der Waals surface area contributed by atoms with E-state index in [2.05, 4.69) is 15.0 Å². The molecule has 0 spiro atoms. The zero-order valence-electron chi connectivity index (χ0n) is 14.2. The lowest BCUT2D eigenvalue weighted by Crippen LogP contribution is -2.12. The predicted molar refractivity (Wildman–Crippen MR) is 95.4 cm³/mol. The highest BCUT2D eigenvalue weighted by atomic mass is 35.5. The third kappa shape index (κ3) is 5.04. The van der Waals surface area contributed by atoms with Crippen LogP contribution >= 0.6 is 11.6 Å². The van der Waals surface area contributed by atoms with Gasteiger partial charge in [-0.25, -0.2) is 9.97 Å². The number of rotatable bonds is 6. The zero-order chi connectivity index (χ0) is 19.4.